The molecule has 0 unspecified atom stereocenters. The third-order valence-electron chi connectivity index (χ3n) is 3.62. The van der Waals surface area contributed by atoms with E-state index in [0.29, 0.717) is 24.9 Å². The smallest absolute Gasteiger partial charge is 0.272 e. The molecule has 0 aliphatic carbocycles. The molecule has 0 radical (unpaired) electrons. The number of hydrogen-bond acceptors (Lipinski definition) is 5. The van der Waals surface area contributed by atoms with Gasteiger partial charge in [-0.2, -0.15) is 0 Å². The third kappa shape index (κ3) is 3.77. The molecule has 1 aromatic rings. The summed E-state index contributed by atoms with van der Waals surface area (Å²) in [6.07, 6.45) is 1.21. The molecule has 1 aliphatic heterocycles. The van der Waals surface area contributed by atoms with Crippen LogP contribution in [0.3, 0.4) is 0 Å². The van der Waals surface area contributed by atoms with Crippen molar-refractivity contribution in [3.63, 3.8) is 0 Å². The molecule has 1 heterocycles. The summed E-state index contributed by atoms with van der Waals surface area (Å²) >= 11 is 0. The fourth-order valence-corrected chi connectivity index (χ4v) is 3.81. The van der Waals surface area contributed by atoms with E-state index in [-0.39, 0.29) is 28.2 Å². The van der Waals surface area contributed by atoms with Crippen LogP contribution in [0, 0.1) is 17.0 Å². The number of aryl methyl sites for hydroxylation is 1. The van der Waals surface area contributed by atoms with Crippen molar-refractivity contribution in [2.45, 2.75) is 32.4 Å². The minimum Gasteiger partial charge on any atom is -0.310 e. The predicted molar refractivity (Wildman–Crippen MR) is 76.3 cm³/mol. The highest BCUT2D eigenvalue weighted by Gasteiger charge is 2.23. The first-order valence-corrected chi connectivity index (χ1v) is 8.37. The van der Waals surface area contributed by atoms with Gasteiger partial charge in [0.1, 0.15) is 9.84 Å². The van der Waals surface area contributed by atoms with Gasteiger partial charge in [-0.15, -0.1) is 0 Å². The molecular weight excluding hydrogens is 280 g/mol. The van der Waals surface area contributed by atoms with Gasteiger partial charge in [-0.3, -0.25) is 10.1 Å². The van der Waals surface area contributed by atoms with Gasteiger partial charge in [0, 0.05) is 24.2 Å². The van der Waals surface area contributed by atoms with Crippen molar-refractivity contribution >= 4 is 15.5 Å². The van der Waals surface area contributed by atoms with Crippen molar-refractivity contribution in [3.05, 3.63) is 39.4 Å². The molecule has 2 rings (SSSR count). The molecule has 0 atom stereocenters. The quantitative estimate of drug-likeness (QED) is 0.673. The van der Waals surface area contributed by atoms with Crippen molar-refractivity contribution in [1.29, 1.82) is 0 Å². The van der Waals surface area contributed by atoms with Crippen LogP contribution in [0.15, 0.2) is 18.2 Å². The van der Waals surface area contributed by atoms with Crippen molar-refractivity contribution in [2.24, 2.45) is 0 Å². The number of nitro benzene ring substituents is 1. The number of sulfone groups is 1. The lowest BCUT2D eigenvalue weighted by molar-refractivity contribution is -0.385. The summed E-state index contributed by atoms with van der Waals surface area (Å²) in [4.78, 5) is 10.5. The first-order chi connectivity index (χ1) is 9.37. The molecule has 7 heteroatoms. The highest BCUT2D eigenvalue weighted by atomic mass is 32.2. The van der Waals surface area contributed by atoms with Crippen molar-refractivity contribution in [1.82, 2.24) is 5.32 Å². The van der Waals surface area contributed by atoms with E-state index in [0.717, 1.165) is 5.56 Å². The molecule has 0 saturated carbocycles. The Morgan fingerprint density at radius 2 is 2.00 bits per heavy atom. The van der Waals surface area contributed by atoms with Crippen LogP contribution in [0.4, 0.5) is 5.69 Å². The molecule has 6 nitrogen and oxygen atoms in total. The van der Waals surface area contributed by atoms with E-state index in [4.69, 9.17) is 0 Å². The summed E-state index contributed by atoms with van der Waals surface area (Å²) < 4.78 is 22.6. The maximum Gasteiger partial charge on any atom is 0.272 e. The van der Waals surface area contributed by atoms with E-state index in [1.165, 1.54) is 0 Å². The summed E-state index contributed by atoms with van der Waals surface area (Å²) in [6.45, 7) is 2.23. The van der Waals surface area contributed by atoms with Crippen LogP contribution in [0.1, 0.15) is 24.0 Å². The third-order valence-corrected chi connectivity index (χ3v) is 5.34. The molecular formula is C13H18N2O4S. The van der Waals surface area contributed by atoms with E-state index in [2.05, 4.69) is 5.32 Å². The van der Waals surface area contributed by atoms with Gasteiger partial charge in [0.25, 0.3) is 5.69 Å². The predicted octanol–water partition coefficient (Wildman–Crippen LogP) is 1.57. The Hall–Kier alpha value is -1.47. The highest BCUT2D eigenvalue weighted by molar-refractivity contribution is 7.91. The standard InChI is InChI=1S/C13H18N2O4S/c1-10-2-3-11(8-13(10)15(16)17)9-14-12-4-6-20(18,19)7-5-12/h2-3,8,12,14H,4-7,9H2,1H3. The van der Waals surface area contributed by atoms with Crippen molar-refractivity contribution < 1.29 is 13.3 Å². The Morgan fingerprint density at radius 1 is 1.35 bits per heavy atom. The van der Waals surface area contributed by atoms with Gasteiger partial charge in [0.2, 0.25) is 0 Å². The Bertz CT molecular complexity index is 599. The SMILES string of the molecule is Cc1ccc(CNC2CCS(=O)(=O)CC2)cc1[N+](=O)[O-]. The molecule has 0 spiro atoms. The second kappa shape index (κ2) is 5.88. The average molecular weight is 298 g/mol. The average Bonchev–Trinajstić information content (AvgIpc) is 2.38. The lowest BCUT2D eigenvalue weighted by Gasteiger charge is -2.23. The van der Waals surface area contributed by atoms with Gasteiger partial charge in [0.05, 0.1) is 16.4 Å². The van der Waals surface area contributed by atoms with Crippen molar-refractivity contribution in [3.8, 4) is 0 Å². The molecule has 110 valence electrons. The maximum absolute atomic E-state index is 11.3. The van der Waals surface area contributed by atoms with Crippen LogP contribution < -0.4 is 5.32 Å². The minimum absolute atomic E-state index is 0.121. The van der Waals surface area contributed by atoms with Gasteiger partial charge in [-0.05, 0) is 25.3 Å². The number of hydrogen-bond donors (Lipinski definition) is 1. The molecule has 1 saturated heterocycles. The van der Waals surface area contributed by atoms with E-state index in [1.54, 1.807) is 19.1 Å². The Kier molecular flexibility index (Phi) is 4.39. The zero-order valence-corrected chi connectivity index (χ0v) is 12.1. The van der Waals surface area contributed by atoms with Gasteiger partial charge < -0.3 is 5.32 Å². The molecule has 1 aliphatic rings. The van der Waals surface area contributed by atoms with Crippen LogP contribution in [0.5, 0.6) is 0 Å². The highest BCUT2D eigenvalue weighted by Crippen LogP contribution is 2.20. The van der Waals surface area contributed by atoms with Crippen LogP contribution in [0.25, 0.3) is 0 Å². The van der Waals surface area contributed by atoms with E-state index < -0.39 is 9.84 Å². The van der Waals surface area contributed by atoms with Gasteiger partial charge in [-0.25, -0.2) is 8.42 Å². The van der Waals surface area contributed by atoms with Gasteiger partial charge in [0.15, 0.2) is 0 Å². The van der Waals surface area contributed by atoms with Gasteiger partial charge in [-0.1, -0.05) is 12.1 Å². The van der Waals surface area contributed by atoms with E-state index in [9.17, 15) is 18.5 Å². The topological polar surface area (TPSA) is 89.3 Å². The Labute approximate surface area is 118 Å². The first kappa shape index (κ1) is 14.9. The van der Waals surface area contributed by atoms with Gasteiger partial charge >= 0.3 is 0 Å². The van der Waals surface area contributed by atoms with E-state index in [1.807, 2.05) is 6.07 Å². The molecule has 20 heavy (non-hydrogen) atoms. The number of nitrogens with one attached hydrogen (secondary N) is 1. The number of rotatable bonds is 4. The molecule has 0 aromatic heterocycles. The zero-order valence-electron chi connectivity index (χ0n) is 11.3. The second-order valence-corrected chi connectivity index (χ2v) is 7.49. The van der Waals surface area contributed by atoms with Crippen molar-refractivity contribution in [2.75, 3.05) is 11.5 Å². The lowest BCUT2D eigenvalue weighted by atomic mass is 10.1. The molecule has 1 aromatic carbocycles. The van der Waals surface area contributed by atoms with Crippen LogP contribution in [-0.2, 0) is 16.4 Å². The fourth-order valence-electron chi connectivity index (χ4n) is 2.32. The monoisotopic (exact) mass is 298 g/mol. The number of benzene rings is 1. The fraction of sp³-hybridized carbons (Fsp3) is 0.538. The van der Waals surface area contributed by atoms with Crippen LogP contribution in [-0.4, -0.2) is 30.9 Å². The van der Waals surface area contributed by atoms with Crippen LogP contribution in [0.2, 0.25) is 0 Å². The maximum atomic E-state index is 11.3. The first-order valence-electron chi connectivity index (χ1n) is 6.55. The molecule has 1 N–H and O–H groups in total. The summed E-state index contributed by atoms with van der Waals surface area (Å²) in [5, 5.41) is 14.1. The number of nitrogens with zero attached hydrogens (tertiary/aromatic N) is 1. The molecule has 1 fully saturated rings. The lowest BCUT2D eigenvalue weighted by Crippen LogP contribution is -2.37. The summed E-state index contributed by atoms with van der Waals surface area (Å²) in [5.74, 6) is 0.442. The summed E-state index contributed by atoms with van der Waals surface area (Å²) in [7, 11) is -2.85. The number of nitro groups is 1. The zero-order chi connectivity index (χ0) is 14.8. The molecule has 0 bridgehead atoms. The normalized spacial score (nSPS) is 18.9. The van der Waals surface area contributed by atoms with Crippen LogP contribution >= 0.6 is 0 Å². The minimum atomic E-state index is -2.85. The summed E-state index contributed by atoms with van der Waals surface area (Å²) in [5.41, 5.74) is 1.61. The second-order valence-electron chi connectivity index (χ2n) is 5.18. The Morgan fingerprint density at radius 3 is 2.60 bits per heavy atom. The van der Waals surface area contributed by atoms with E-state index >= 15 is 0 Å². The summed E-state index contributed by atoms with van der Waals surface area (Å²) in [6, 6.07) is 5.33. The molecule has 0 amide bonds. The largest absolute Gasteiger partial charge is 0.310 e. The Balaban J connectivity index is 1.95.